The van der Waals surface area contributed by atoms with Gasteiger partial charge in [-0.05, 0) is 24.1 Å². The van der Waals surface area contributed by atoms with Crippen molar-refractivity contribution in [2.45, 2.75) is 18.7 Å². The Hall–Kier alpha value is -0.710. The second kappa shape index (κ2) is 4.00. The number of hydrogen-bond donors (Lipinski definition) is 1. The average molecular weight is 251 g/mol. The molecule has 0 aliphatic carbocycles. The Morgan fingerprint density at radius 2 is 2.23 bits per heavy atom. The molecule has 0 fully saturated rings. The van der Waals surface area contributed by atoms with E-state index in [1.807, 2.05) is 0 Å². The van der Waals surface area contributed by atoms with Gasteiger partial charge >= 0.3 is 0 Å². The third-order valence-electron chi connectivity index (χ3n) is 1.79. The van der Waals surface area contributed by atoms with Crippen molar-refractivity contribution in [3.63, 3.8) is 0 Å². The molecule has 0 aromatic carbocycles. The molecule has 0 saturated carbocycles. The zero-order valence-electron chi connectivity index (χ0n) is 7.02. The van der Waals surface area contributed by atoms with Gasteiger partial charge in [0.1, 0.15) is 11.5 Å². The molecule has 1 rings (SSSR count). The topological polar surface area (TPSA) is 38.9 Å². The highest BCUT2D eigenvalue weighted by Gasteiger charge is 2.15. The van der Waals surface area contributed by atoms with Gasteiger partial charge in [0.2, 0.25) is 0 Å². The molecule has 0 aliphatic rings. The van der Waals surface area contributed by atoms with Gasteiger partial charge in [-0.1, -0.05) is 15.9 Å². The smallest absolute Gasteiger partial charge is 0.280 e. The van der Waals surface area contributed by atoms with E-state index < -0.39 is 6.43 Å². The Labute approximate surface area is 83.3 Å². The van der Waals surface area contributed by atoms with Crippen LogP contribution in [0.5, 0.6) is 0 Å². The molecule has 13 heavy (non-hydrogen) atoms. The number of anilines is 1. The average Bonchev–Trinajstić information content (AvgIpc) is 2.08. The third-order valence-corrected chi connectivity index (χ3v) is 2.39. The Balaban J connectivity index is 3.27. The normalized spacial score (nSPS) is 10.8. The van der Waals surface area contributed by atoms with E-state index in [0.29, 0.717) is 10.9 Å². The van der Waals surface area contributed by atoms with Crippen molar-refractivity contribution in [1.82, 2.24) is 4.98 Å². The van der Waals surface area contributed by atoms with E-state index in [1.54, 1.807) is 13.0 Å². The molecule has 5 heteroatoms. The van der Waals surface area contributed by atoms with Crippen LogP contribution in [0.2, 0.25) is 0 Å². The van der Waals surface area contributed by atoms with Crippen LogP contribution in [0.15, 0.2) is 6.07 Å². The summed E-state index contributed by atoms with van der Waals surface area (Å²) in [4.78, 5) is 3.59. The van der Waals surface area contributed by atoms with Crippen LogP contribution in [0, 0.1) is 6.92 Å². The number of aromatic nitrogens is 1. The predicted molar refractivity (Wildman–Crippen MR) is 51.0 cm³/mol. The highest BCUT2D eigenvalue weighted by molar-refractivity contribution is 9.08. The van der Waals surface area contributed by atoms with Gasteiger partial charge in [0.15, 0.2) is 0 Å². The Bertz CT molecular complexity index is 315. The number of alkyl halides is 3. The first kappa shape index (κ1) is 10.4. The van der Waals surface area contributed by atoms with E-state index >= 15 is 0 Å². The molecule has 0 radical (unpaired) electrons. The highest BCUT2D eigenvalue weighted by Crippen LogP contribution is 2.25. The molecular formula is C8H9BrF2N2. The lowest BCUT2D eigenvalue weighted by molar-refractivity contribution is 0.145. The summed E-state index contributed by atoms with van der Waals surface area (Å²) in [5, 5.41) is 0.505. The van der Waals surface area contributed by atoms with Crippen LogP contribution < -0.4 is 5.73 Å². The molecule has 1 aromatic rings. The summed E-state index contributed by atoms with van der Waals surface area (Å²) in [5.41, 5.74) is 6.40. The summed E-state index contributed by atoms with van der Waals surface area (Å²) < 4.78 is 24.8. The number of halogens is 3. The molecule has 72 valence electrons. The van der Waals surface area contributed by atoms with Crippen LogP contribution in [0.1, 0.15) is 23.2 Å². The fourth-order valence-corrected chi connectivity index (χ4v) is 1.64. The standard InChI is InChI=1S/C8H9BrF2N2/c1-4-5(3-9)2-6(12)13-7(4)8(10)11/h2,8H,3H2,1H3,(H2,12,13). The summed E-state index contributed by atoms with van der Waals surface area (Å²) in [6.45, 7) is 1.62. The van der Waals surface area contributed by atoms with Crippen molar-refractivity contribution in [2.24, 2.45) is 0 Å². The van der Waals surface area contributed by atoms with Crippen molar-refractivity contribution in [1.29, 1.82) is 0 Å². The highest BCUT2D eigenvalue weighted by atomic mass is 79.9. The van der Waals surface area contributed by atoms with Gasteiger partial charge in [-0.3, -0.25) is 0 Å². The molecule has 0 bridgehead atoms. The maximum atomic E-state index is 12.4. The molecule has 2 N–H and O–H groups in total. The Morgan fingerprint density at radius 1 is 1.62 bits per heavy atom. The summed E-state index contributed by atoms with van der Waals surface area (Å²) in [7, 11) is 0. The van der Waals surface area contributed by atoms with Crippen molar-refractivity contribution < 1.29 is 8.78 Å². The van der Waals surface area contributed by atoms with Crippen LogP contribution >= 0.6 is 15.9 Å². The van der Waals surface area contributed by atoms with Crippen molar-refractivity contribution >= 4 is 21.7 Å². The Morgan fingerprint density at radius 3 is 2.69 bits per heavy atom. The number of nitrogen functional groups attached to an aromatic ring is 1. The van der Waals surface area contributed by atoms with E-state index in [9.17, 15) is 8.78 Å². The lowest BCUT2D eigenvalue weighted by Crippen LogP contribution is -2.02. The fraction of sp³-hybridized carbons (Fsp3) is 0.375. The second-order valence-electron chi connectivity index (χ2n) is 2.65. The SMILES string of the molecule is Cc1c(CBr)cc(N)nc1C(F)F. The molecule has 0 atom stereocenters. The molecule has 0 aliphatic heterocycles. The molecule has 0 saturated heterocycles. The van der Waals surface area contributed by atoms with Crippen LogP contribution in [-0.4, -0.2) is 4.98 Å². The van der Waals surface area contributed by atoms with E-state index in [0.717, 1.165) is 5.56 Å². The molecule has 0 unspecified atom stereocenters. The van der Waals surface area contributed by atoms with Gasteiger partial charge in [0.25, 0.3) is 6.43 Å². The maximum absolute atomic E-state index is 12.4. The second-order valence-corrected chi connectivity index (χ2v) is 3.21. The minimum absolute atomic E-state index is 0.135. The van der Waals surface area contributed by atoms with Gasteiger partial charge < -0.3 is 5.73 Å². The molecule has 1 heterocycles. The maximum Gasteiger partial charge on any atom is 0.280 e. The fourth-order valence-electron chi connectivity index (χ4n) is 1.06. The predicted octanol–water partition coefficient (Wildman–Crippen LogP) is 2.80. The summed E-state index contributed by atoms with van der Waals surface area (Å²) in [6, 6.07) is 1.59. The van der Waals surface area contributed by atoms with Crippen LogP contribution in [0.25, 0.3) is 0 Å². The van der Waals surface area contributed by atoms with Gasteiger partial charge in [-0.25, -0.2) is 13.8 Å². The van der Waals surface area contributed by atoms with Crippen molar-refractivity contribution in [3.8, 4) is 0 Å². The number of rotatable bonds is 2. The quantitative estimate of drug-likeness (QED) is 0.821. The van der Waals surface area contributed by atoms with Gasteiger partial charge in [-0.2, -0.15) is 0 Å². The summed E-state index contributed by atoms with van der Waals surface area (Å²) >= 11 is 3.20. The van der Waals surface area contributed by atoms with Crippen LogP contribution in [-0.2, 0) is 5.33 Å². The van der Waals surface area contributed by atoms with Crippen molar-refractivity contribution in [3.05, 3.63) is 22.9 Å². The van der Waals surface area contributed by atoms with E-state index in [4.69, 9.17) is 5.73 Å². The molecule has 0 spiro atoms. The largest absolute Gasteiger partial charge is 0.384 e. The van der Waals surface area contributed by atoms with Gasteiger partial charge in [-0.15, -0.1) is 0 Å². The monoisotopic (exact) mass is 250 g/mol. The number of pyridine rings is 1. The van der Waals surface area contributed by atoms with Gasteiger partial charge in [0, 0.05) is 5.33 Å². The number of nitrogens with zero attached hydrogens (tertiary/aromatic N) is 1. The minimum Gasteiger partial charge on any atom is -0.384 e. The first-order valence-corrected chi connectivity index (χ1v) is 4.78. The third kappa shape index (κ3) is 2.15. The first-order valence-electron chi connectivity index (χ1n) is 3.66. The van der Waals surface area contributed by atoms with Crippen molar-refractivity contribution in [2.75, 3.05) is 5.73 Å². The zero-order chi connectivity index (χ0) is 10.0. The molecule has 1 aromatic heterocycles. The van der Waals surface area contributed by atoms with Gasteiger partial charge in [0.05, 0.1) is 0 Å². The van der Waals surface area contributed by atoms with E-state index in [-0.39, 0.29) is 11.5 Å². The first-order chi connectivity index (χ1) is 6.06. The molecule has 0 amide bonds. The lowest BCUT2D eigenvalue weighted by atomic mass is 10.1. The summed E-state index contributed by atoms with van der Waals surface area (Å²) in [6.07, 6.45) is -2.57. The summed E-state index contributed by atoms with van der Waals surface area (Å²) in [5.74, 6) is 0.135. The van der Waals surface area contributed by atoms with Crippen LogP contribution in [0.3, 0.4) is 0 Å². The number of hydrogen-bond acceptors (Lipinski definition) is 2. The zero-order valence-corrected chi connectivity index (χ0v) is 8.61. The minimum atomic E-state index is -2.57. The van der Waals surface area contributed by atoms with E-state index in [2.05, 4.69) is 20.9 Å². The number of nitrogens with two attached hydrogens (primary N) is 1. The molecular weight excluding hydrogens is 242 g/mol. The van der Waals surface area contributed by atoms with E-state index in [1.165, 1.54) is 0 Å². The Kier molecular flexibility index (Phi) is 3.19. The molecule has 2 nitrogen and oxygen atoms in total. The van der Waals surface area contributed by atoms with Crippen LogP contribution in [0.4, 0.5) is 14.6 Å². The lowest BCUT2D eigenvalue weighted by Gasteiger charge is -2.08.